The number of carbonyl (C=O) groups excluding carboxylic acids is 1. The molecular formula is C16H34N2O3. The molecule has 1 atom stereocenters. The minimum Gasteiger partial charge on any atom is -0.377 e. The molecule has 0 aromatic carbocycles. The second-order valence-corrected chi connectivity index (χ2v) is 6.55. The maximum Gasteiger partial charge on any atom is 0.251 e. The normalized spacial score (nSPS) is 13.8. The first-order chi connectivity index (χ1) is 9.65. The molecule has 2 N–H and O–H groups in total. The van der Waals surface area contributed by atoms with Crippen molar-refractivity contribution in [2.75, 3.05) is 19.8 Å². The fourth-order valence-electron chi connectivity index (χ4n) is 1.88. The molecule has 0 saturated carbocycles. The van der Waals surface area contributed by atoms with Gasteiger partial charge in [-0.05, 0) is 41.0 Å². The first-order valence-electron chi connectivity index (χ1n) is 7.95. The van der Waals surface area contributed by atoms with Crippen LogP contribution in [0.5, 0.6) is 0 Å². The summed E-state index contributed by atoms with van der Waals surface area (Å²) in [6, 6.07) is 0.834. The molecule has 5 nitrogen and oxygen atoms in total. The number of rotatable bonds is 11. The predicted molar refractivity (Wildman–Crippen MR) is 86.5 cm³/mol. The Morgan fingerprint density at radius 2 is 1.71 bits per heavy atom. The number of hydrogen-bond acceptors (Lipinski definition) is 4. The molecule has 0 bridgehead atoms. The van der Waals surface area contributed by atoms with Crippen molar-refractivity contribution in [3.63, 3.8) is 0 Å². The van der Waals surface area contributed by atoms with Gasteiger partial charge in [0.05, 0.1) is 12.7 Å². The Morgan fingerprint density at radius 3 is 2.24 bits per heavy atom. The minimum absolute atomic E-state index is 0.0978. The summed E-state index contributed by atoms with van der Waals surface area (Å²) in [5, 5.41) is 6.26. The van der Waals surface area contributed by atoms with Gasteiger partial charge in [-0.1, -0.05) is 13.8 Å². The van der Waals surface area contributed by atoms with Crippen molar-refractivity contribution in [2.45, 2.75) is 78.7 Å². The van der Waals surface area contributed by atoms with E-state index in [1.54, 1.807) is 13.8 Å². The van der Waals surface area contributed by atoms with Crippen LogP contribution >= 0.6 is 0 Å². The molecule has 0 radical (unpaired) electrons. The van der Waals surface area contributed by atoms with Gasteiger partial charge in [0, 0.05) is 25.2 Å². The van der Waals surface area contributed by atoms with Gasteiger partial charge in [0.2, 0.25) is 0 Å². The van der Waals surface area contributed by atoms with Crippen molar-refractivity contribution in [1.29, 1.82) is 0 Å². The van der Waals surface area contributed by atoms with Crippen molar-refractivity contribution >= 4 is 5.91 Å². The quantitative estimate of drug-likeness (QED) is 0.574. The SMILES string of the molecule is CC(C)NC(C)CCOC(C)(C)C(=O)NCCOC(C)C. The fraction of sp³-hybridized carbons (Fsp3) is 0.938. The summed E-state index contributed by atoms with van der Waals surface area (Å²) >= 11 is 0. The summed E-state index contributed by atoms with van der Waals surface area (Å²) in [7, 11) is 0. The lowest BCUT2D eigenvalue weighted by molar-refractivity contribution is -0.143. The molecule has 1 amide bonds. The van der Waals surface area contributed by atoms with E-state index < -0.39 is 5.60 Å². The van der Waals surface area contributed by atoms with Crippen molar-refractivity contribution in [3.8, 4) is 0 Å². The Hall–Kier alpha value is -0.650. The van der Waals surface area contributed by atoms with E-state index in [-0.39, 0.29) is 12.0 Å². The number of nitrogens with one attached hydrogen (secondary N) is 2. The monoisotopic (exact) mass is 302 g/mol. The van der Waals surface area contributed by atoms with E-state index >= 15 is 0 Å². The molecule has 21 heavy (non-hydrogen) atoms. The average molecular weight is 302 g/mol. The highest BCUT2D eigenvalue weighted by Gasteiger charge is 2.28. The zero-order valence-corrected chi connectivity index (χ0v) is 14.8. The molecule has 0 aliphatic rings. The molecule has 0 aliphatic carbocycles. The van der Waals surface area contributed by atoms with Gasteiger partial charge >= 0.3 is 0 Å². The van der Waals surface area contributed by atoms with Crippen LogP contribution in [0.2, 0.25) is 0 Å². The minimum atomic E-state index is -0.810. The summed E-state index contributed by atoms with van der Waals surface area (Å²) in [5.41, 5.74) is -0.810. The van der Waals surface area contributed by atoms with E-state index in [0.29, 0.717) is 31.8 Å². The lowest BCUT2D eigenvalue weighted by atomic mass is 10.1. The Morgan fingerprint density at radius 1 is 1.10 bits per heavy atom. The topological polar surface area (TPSA) is 59.6 Å². The highest BCUT2D eigenvalue weighted by atomic mass is 16.5. The average Bonchev–Trinajstić information content (AvgIpc) is 2.32. The molecule has 0 saturated heterocycles. The number of ether oxygens (including phenoxy) is 2. The van der Waals surface area contributed by atoms with E-state index in [2.05, 4.69) is 31.4 Å². The van der Waals surface area contributed by atoms with Gasteiger partial charge in [-0.25, -0.2) is 0 Å². The van der Waals surface area contributed by atoms with Crippen LogP contribution in [0.3, 0.4) is 0 Å². The van der Waals surface area contributed by atoms with Crippen molar-refractivity contribution < 1.29 is 14.3 Å². The first-order valence-corrected chi connectivity index (χ1v) is 7.95. The van der Waals surface area contributed by atoms with Gasteiger partial charge in [0.1, 0.15) is 5.60 Å². The molecule has 0 rings (SSSR count). The molecular weight excluding hydrogens is 268 g/mol. The summed E-state index contributed by atoms with van der Waals surface area (Å²) in [4.78, 5) is 12.1. The summed E-state index contributed by atoms with van der Waals surface area (Å²) in [6.07, 6.45) is 1.06. The van der Waals surface area contributed by atoms with Crippen LogP contribution in [-0.4, -0.2) is 49.5 Å². The van der Waals surface area contributed by atoms with Gasteiger partial charge in [-0.2, -0.15) is 0 Å². The van der Waals surface area contributed by atoms with Gasteiger partial charge in [0.15, 0.2) is 0 Å². The van der Waals surface area contributed by atoms with Crippen molar-refractivity contribution in [2.24, 2.45) is 0 Å². The Bertz CT molecular complexity index is 291. The van der Waals surface area contributed by atoms with E-state index in [9.17, 15) is 4.79 Å². The Kier molecular flexibility index (Phi) is 9.83. The highest BCUT2D eigenvalue weighted by Crippen LogP contribution is 2.10. The van der Waals surface area contributed by atoms with E-state index in [0.717, 1.165) is 6.42 Å². The van der Waals surface area contributed by atoms with Gasteiger partial charge in [0.25, 0.3) is 5.91 Å². The predicted octanol–water partition coefficient (Wildman–Crippen LogP) is 2.10. The second kappa shape index (κ2) is 10.1. The van der Waals surface area contributed by atoms with Crippen LogP contribution in [-0.2, 0) is 14.3 Å². The van der Waals surface area contributed by atoms with Crippen LogP contribution < -0.4 is 10.6 Å². The third-order valence-electron chi connectivity index (χ3n) is 3.02. The number of amides is 1. The van der Waals surface area contributed by atoms with Crippen molar-refractivity contribution in [1.82, 2.24) is 10.6 Å². The highest BCUT2D eigenvalue weighted by molar-refractivity contribution is 5.84. The van der Waals surface area contributed by atoms with E-state index in [1.165, 1.54) is 0 Å². The van der Waals surface area contributed by atoms with Crippen LogP contribution in [0.4, 0.5) is 0 Å². The fourth-order valence-corrected chi connectivity index (χ4v) is 1.88. The van der Waals surface area contributed by atoms with Crippen LogP contribution in [0.15, 0.2) is 0 Å². The van der Waals surface area contributed by atoms with E-state index in [4.69, 9.17) is 9.47 Å². The van der Waals surface area contributed by atoms with Gasteiger partial charge in [-0.3, -0.25) is 4.79 Å². The molecule has 0 spiro atoms. The standard InChI is InChI=1S/C16H34N2O3/c1-12(2)18-14(5)8-10-21-16(6,7)15(19)17-9-11-20-13(3)4/h12-14,18H,8-11H2,1-7H3,(H,17,19). The first kappa shape index (κ1) is 20.3. The summed E-state index contributed by atoms with van der Waals surface area (Å²) in [6.45, 7) is 15.5. The molecule has 0 aromatic rings. The maximum absolute atomic E-state index is 12.1. The molecule has 1 unspecified atom stereocenters. The smallest absolute Gasteiger partial charge is 0.251 e. The third kappa shape index (κ3) is 10.7. The largest absolute Gasteiger partial charge is 0.377 e. The number of hydrogen-bond donors (Lipinski definition) is 2. The third-order valence-corrected chi connectivity index (χ3v) is 3.02. The molecule has 126 valence electrons. The Labute approximate surface area is 130 Å². The molecule has 5 heteroatoms. The van der Waals surface area contributed by atoms with Crippen LogP contribution in [0, 0.1) is 0 Å². The maximum atomic E-state index is 12.1. The zero-order chi connectivity index (χ0) is 16.5. The molecule has 0 aliphatic heterocycles. The van der Waals surface area contributed by atoms with Gasteiger partial charge < -0.3 is 20.1 Å². The molecule has 0 fully saturated rings. The van der Waals surface area contributed by atoms with Crippen LogP contribution in [0.25, 0.3) is 0 Å². The molecule has 0 aromatic heterocycles. The molecule has 0 heterocycles. The number of carbonyl (C=O) groups is 1. The van der Waals surface area contributed by atoms with Crippen molar-refractivity contribution in [3.05, 3.63) is 0 Å². The second-order valence-electron chi connectivity index (χ2n) is 6.55. The van der Waals surface area contributed by atoms with Gasteiger partial charge in [-0.15, -0.1) is 0 Å². The summed E-state index contributed by atoms with van der Waals surface area (Å²) < 4.78 is 11.1. The van der Waals surface area contributed by atoms with E-state index in [1.807, 2.05) is 13.8 Å². The lowest BCUT2D eigenvalue weighted by Gasteiger charge is -2.25. The summed E-state index contributed by atoms with van der Waals surface area (Å²) in [5.74, 6) is -0.0978. The zero-order valence-electron chi connectivity index (χ0n) is 14.8. The lowest BCUT2D eigenvalue weighted by Crippen LogP contribution is -2.46. The van der Waals surface area contributed by atoms with Crippen LogP contribution in [0.1, 0.15) is 54.9 Å². The Balaban J connectivity index is 3.92.